The number of rotatable bonds is 2. The van der Waals surface area contributed by atoms with E-state index in [1.165, 1.54) is 11.3 Å². The average Bonchev–Trinajstić information content (AvgIpc) is 2.49. The zero-order valence-corrected chi connectivity index (χ0v) is 12.7. The molecule has 1 aliphatic heterocycles. The quantitative estimate of drug-likeness (QED) is 0.886. The minimum Gasteiger partial charge on any atom is -0.365 e. The minimum atomic E-state index is 0.174. The van der Waals surface area contributed by atoms with Crippen LogP contribution < -0.4 is 10.6 Å². The van der Waals surface area contributed by atoms with Gasteiger partial charge in [-0.2, -0.15) is 0 Å². The van der Waals surface area contributed by atoms with Crippen molar-refractivity contribution in [3.8, 4) is 0 Å². The summed E-state index contributed by atoms with van der Waals surface area (Å²) in [5.41, 5.74) is 8.74. The molecule has 0 bridgehead atoms. The van der Waals surface area contributed by atoms with Crippen molar-refractivity contribution in [3.63, 3.8) is 0 Å². The van der Waals surface area contributed by atoms with Gasteiger partial charge in [-0.3, -0.25) is 0 Å². The number of aryl methyl sites for hydroxylation is 1. The maximum Gasteiger partial charge on any atom is 0.0390 e. The van der Waals surface area contributed by atoms with Crippen molar-refractivity contribution < 1.29 is 0 Å². The van der Waals surface area contributed by atoms with Crippen LogP contribution in [0.1, 0.15) is 25.8 Å². The molecule has 0 spiro atoms. The number of anilines is 1. The highest BCUT2D eigenvalue weighted by Crippen LogP contribution is 2.30. The molecule has 2 rings (SSSR count). The first-order chi connectivity index (χ1) is 8.94. The Kier molecular flexibility index (Phi) is 4.16. The molecule has 1 heterocycles. The molecule has 19 heavy (non-hydrogen) atoms. The number of hydrogen-bond acceptors (Lipinski definition) is 3. The molecule has 1 saturated heterocycles. The summed E-state index contributed by atoms with van der Waals surface area (Å²) in [7, 11) is 2.19. The predicted octanol–water partition coefficient (Wildman–Crippen LogP) is 2.24. The summed E-state index contributed by atoms with van der Waals surface area (Å²) in [4.78, 5) is 4.92. The predicted molar refractivity (Wildman–Crippen MR) is 82.7 cm³/mol. The van der Waals surface area contributed by atoms with E-state index in [0.29, 0.717) is 6.04 Å². The highest BCUT2D eigenvalue weighted by Gasteiger charge is 2.33. The first-order valence-corrected chi connectivity index (χ1v) is 7.18. The molecular formula is C16H27N3. The zero-order chi connectivity index (χ0) is 14.0. The molecule has 2 N–H and O–H groups in total. The fraction of sp³-hybridized carbons (Fsp3) is 0.625. The molecule has 0 saturated carbocycles. The third kappa shape index (κ3) is 3.10. The van der Waals surface area contributed by atoms with Crippen LogP contribution in [0.15, 0.2) is 24.3 Å². The number of nitrogens with zero attached hydrogens (tertiary/aromatic N) is 2. The first kappa shape index (κ1) is 14.4. The maximum absolute atomic E-state index is 5.95. The van der Waals surface area contributed by atoms with Crippen LogP contribution in [0, 0.1) is 6.92 Å². The Morgan fingerprint density at radius 1 is 1.26 bits per heavy atom. The van der Waals surface area contributed by atoms with Crippen LogP contribution in [0.3, 0.4) is 0 Å². The Labute approximate surface area is 117 Å². The van der Waals surface area contributed by atoms with Crippen LogP contribution in [-0.4, -0.2) is 43.2 Å². The lowest BCUT2D eigenvalue weighted by Gasteiger charge is -2.40. The molecular weight excluding hydrogens is 234 g/mol. The normalized spacial score (nSPS) is 24.3. The SMILES string of the molecule is Cc1ccc(N2CC(CN)N(C)CCC2(C)C)cc1. The highest BCUT2D eigenvalue weighted by molar-refractivity contribution is 5.50. The van der Waals surface area contributed by atoms with Crippen LogP contribution in [0.5, 0.6) is 0 Å². The Balaban J connectivity index is 2.30. The van der Waals surface area contributed by atoms with Gasteiger partial charge in [0.05, 0.1) is 0 Å². The monoisotopic (exact) mass is 261 g/mol. The molecule has 1 unspecified atom stereocenters. The van der Waals surface area contributed by atoms with Gasteiger partial charge in [0.15, 0.2) is 0 Å². The van der Waals surface area contributed by atoms with Gasteiger partial charge in [0.1, 0.15) is 0 Å². The van der Waals surface area contributed by atoms with E-state index < -0.39 is 0 Å². The largest absolute Gasteiger partial charge is 0.365 e. The summed E-state index contributed by atoms with van der Waals surface area (Å²) < 4.78 is 0. The van der Waals surface area contributed by atoms with Crippen molar-refractivity contribution >= 4 is 5.69 Å². The lowest BCUT2D eigenvalue weighted by molar-refractivity contribution is 0.263. The minimum absolute atomic E-state index is 0.174. The third-order valence-corrected chi connectivity index (χ3v) is 4.44. The number of hydrogen-bond donors (Lipinski definition) is 1. The maximum atomic E-state index is 5.95. The van der Waals surface area contributed by atoms with Gasteiger partial charge in [0.25, 0.3) is 0 Å². The van der Waals surface area contributed by atoms with E-state index >= 15 is 0 Å². The second kappa shape index (κ2) is 5.51. The molecule has 1 aromatic carbocycles. The summed E-state index contributed by atoms with van der Waals surface area (Å²) in [6, 6.07) is 9.28. The Morgan fingerprint density at radius 2 is 1.89 bits per heavy atom. The second-order valence-corrected chi connectivity index (χ2v) is 6.38. The van der Waals surface area contributed by atoms with Gasteiger partial charge < -0.3 is 15.5 Å². The highest BCUT2D eigenvalue weighted by atomic mass is 15.3. The van der Waals surface area contributed by atoms with Gasteiger partial charge in [-0.1, -0.05) is 17.7 Å². The van der Waals surface area contributed by atoms with Gasteiger partial charge in [-0.05, 0) is 46.4 Å². The van der Waals surface area contributed by atoms with E-state index in [4.69, 9.17) is 5.73 Å². The van der Waals surface area contributed by atoms with Gasteiger partial charge in [-0.25, -0.2) is 0 Å². The molecule has 3 heteroatoms. The Bertz CT molecular complexity index is 411. The van der Waals surface area contributed by atoms with Crippen molar-refractivity contribution in [2.75, 3.05) is 31.6 Å². The van der Waals surface area contributed by atoms with Crippen LogP contribution >= 0.6 is 0 Å². The van der Waals surface area contributed by atoms with Crippen LogP contribution in [0.25, 0.3) is 0 Å². The molecule has 0 aromatic heterocycles. The molecule has 3 nitrogen and oxygen atoms in total. The second-order valence-electron chi connectivity index (χ2n) is 6.38. The molecule has 1 aliphatic rings. The van der Waals surface area contributed by atoms with Gasteiger partial charge in [0, 0.05) is 36.9 Å². The van der Waals surface area contributed by atoms with Crippen LogP contribution in [0.4, 0.5) is 5.69 Å². The fourth-order valence-electron chi connectivity index (χ4n) is 2.80. The van der Waals surface area contributed by atoms with E-state index in [1.807, 2.05) is 0 Å². The van der Waals surface area contributed by atoms with Crippen molar-refractivity contribution in [2.24, 2.45) is 5.73 Å². The molecule has 0 radical (unpaired) electrons. The molecule has 1 atom stereocenters. The summed E-state index contributed by atoms with van der Waals surface area (Å²) >= 11 is 0. The number of nitrogens with two attached hydrogens (primary N) is 1. The molecule has 106 valence electrons. The standard InChI is InChI=1S/C16H27N3/c1-13-5-7-14(8-6-13)19-12-15(11-17)18(4)10-9-16(19,2)3/h5-8,15H,9-12,17H2,1-4H3. The molecule has 1 aromatic rings. The van der Waals surface area contributed by atoms with E-state index in [9.17, 15) is 0 Å². The van der Waals surface area contributed by atoms with E-state index in [-0.39, 0.29) is 5.54 Å². The van der Waals surface area contributed by atoms with Crippen LogP contribution in [0.2, 0.25) is 0 Å². The Hall–Kier alpha value is -1.06. The summed E-state index contributed by atoms with van der Waals surface area (Å²) in [5.74, 6) is 0. The fourth-order valence-corrected chi connectivity index (χ4v) is 2.80. The van der Waals surface area contributed by atoms with E-state index in [1.54, 1.807) is 0 Å². The number of likely N-dealkylation sites (N-methyl/N-ethyl adjacent to an activating group) is 1. The first-order valence-electron chi connectivity index (χ1n) is 7.18. The van der Waals surface area contributed by atoms with Gasteiger partial charge in [-0.15, -0.1) is 0 Å². The molecule has 1 fully saturated rings. The topological polar surface area (TPSA) is 32.5 Å². The van der Waals surface area contributed by atoms with Crippen molar-refractivity contribution in [3.05, 3.63) is 29.8 Å². The summed E-state index contributed by atoms with van der Waals surface area (Å²) in [6.07, 6.45) is 1.16. The van der Waals surface area contributed by atoms with Gasteiger partial charge in [0.2, 0.25) is 0 Å². The number of benzene rings is 1. The van der Waals surface area contributed by atoms with Crippen molar-refractivity contribution in [1.29, 1.82) is 0 Å². The lowest BCUT2D eigenvalue weighted by Crippen LogP contribution is -2.49. The van der Waals surface area contributed by atoms with Crippen molar-refractivity contribution in [2.45, 2.75) is 38.8 Å². The molecule has 0 aliphatic carbocycles. The smallest absolute Gasteiger partial charge is 0.0390 e. The van der Waals surface area contributed by atoms with Crippen molar-refractivity contribution in [1.82, 2.24) is 4.90 Å². The van der Waals surface area contributed by atoms with Crippen LogP contribution in [-0.2, 0) is 0 Å². The Morgan fingerprint density at radius 3 is 2.47 bits per heavy atom. The summed E-state index contributed by atoms with van der Waals surface area (Å²) in [6.45, 7) is 9.63. The van der Waals surface area contributed by atoms with E-state index in [2.05, 4.69) is 61.9 Å². The summed E-state index contributed by atoms with van der Waals surface area (Å²) in [5, 5.41) is 0. The average molecular weight is 261 g/mol. The lowest BCUT2D eigenvalue weighted by atomic mass is 9.97. The zero-order valence-electron chi connectivity index (χ0n) is 12.7. The third-order valence-electron chi connectivity index (χ3n) is 4.44. The van der Waals surface area contributed by atoms with E-state index in [0.717, 1.165) is 26.1 Å². The molecule has 0 amide bonds. The van der Waals surface area contributed by atoms with Gasteiger partial charge >= 0.3 is 0 Å².